The predicted molar refractivity (Wildman–Crippen MR) is 115 cm³/mol. The Hall–Kier alpha value is -2.91. The molecule has 0 N–H and O–H groups in total. The number of hydrogen-bond acceptors (Lipinski definition) is 7. The van der Waals surface area contributed by atoms with Gasteiger partial charge in [-0.25, -0.2) is 8.42 Å². The average Bonchev–Trinajstić information content (AvgIpc) is 3.29. The highest BCUT2D eigenvalue weighted by atomic mass is 32.2. The summed E-state index contributed by atoms with van der Waals surface area (Å²) >= 11 is 0. The summed E-state index contributed by atoms with van der Waals surface area (Å²) in [5.74, 6) is 2.04. The first-order chi connectivity index (χ1) is 14.9. The van der Waals surface area contributed by atoms with Crippen LogP contribution >= 0.6 is 0 Å². The van der Waals surface area contributed by atoms with Crippen LogP contribution in [0.1, 0.15) is 30.1 Å². The molecule has 2 heterocycles. The number of rotatable bonds is 6. The molecule has 4 rings (SSSR count). The topological polar surface area (TPSA) is 94.8 Å². The minimum atomic E-state index is -3.63. The molecule has 1 fully saturated rings. The molecule has 1 saturated heterocycles. The van der Waals surface area contributed by atoms with Crippen LogP contribution < -0.4 is 9.47 Å². The summed E-state index contributed by atoms with van der Waals surface area (Å²) < 4.78 is 43.6. The van der Waals surface area contributed by atoms with Crippen molar-refractivity contribution in [3.8, 4) is 23.0 Å². The zero-order chi connectivity index (χ0) is 22.0. The summed E-state index contributed by atoms with van der Waals surface area (Å²) in [4.78, 5) is 4.74. The Balaban J connectivity index is 1.46. The van der Waals surface area contributed by atoms with Gasteiger partial charge in [-0.3, -0.25) is 0 Å². The molecule has 8 nitrogen and oxygen atoms in total. The van der Waals surface area contributed by atoms with Gasteiger partial charge in [0.05, 0.1) is 19.1 Å². The molecule has 1 aliphatic rings. The third-order valence-corrected chi connectivity index (χ3v) is 7.41. The minimum Gasteiger partial charge on any atom is -0.493 e. The molecule has 1 aromatic heterocycles. The normalized spacial score (nSPS) is 15.7. The van der Waals surface area contributed by atoms with Gasteiger partial charge >= 0.3 is 0 Å². The Morgan fingerprint density at radius 2 is 1.77 bits per heavy atom. The molecular formula is C22H25N3O5S. The van der Waals surface area contributed by atoms with Crippen molar-refractivity contribution in [2.45, 2.75) is 30.6 Å². The van der Waals surface area contributed by atoms with Crippen LogP contribution in [0.15, 0.2) is 51.9 Å². The van der Waals surface area contributed by atoms with Crippen molar-refractivity contribution in [1.82, 2.24) is 14.4 Å². The van der Waals surface area contributed by atoms with Gasteiger partial charge in [0.15, 0.2) is 17.3 Å². The third kappa shape index (κ3) is 4.28. The Labute approximate surface area is 181 Å². The summed E-state index contributed by atoms with van der Waals surface area (Å²) in [6, 6.07) is 12.5. The van der Waals surface area contributed by atoms with Crippen LogP contribution in [0.25, 0.3) is 11.5 Å². The molecule has 0 spiro atoms. The van der Waals surface area contributed by atoms with Gasteiger partial charge in [-0.05, 0) is 44.0 Å². The van der Waals surface area contributed by atoms with E-state index in [9.17, 15) is 8.42 Å². The number of methoxy groups -OCH3 is 2. The SMILES string of the molecule is COc1ccc(S(=O)(=O)N2CCC(c3noc(-c4cccc(C)c4)n3)CC2)cc1OC. The fraction of sp³-hybridized carbons (Fsp3) is 0.364. The third-order valence-electron chi connectivity index (χ3n) is 5.52. The molecule has 2 aromatic carbocycles. The van der Waals surface area contributed by atoms with Gasteiger partial charge in [-0.2, -0.15) is 9.29 Å². The van der Waals surface area contributed by atoms with Gasteiger partial charge in [0.2, 0.25) is 10.0 Å². The Bertz CT molecular complexity index is 1170. The lowest BCUT2D eigenvalue weighted by Gasteiger charge is -2.29. The molecule has 0 unspecified atom stereocenters. The van der Waals surface area contributed by atoms with Crippen molar-refractivity contribution < 1.29 is 22.4 Å². The van der Waals surface area contributed by atoms with E-state index >= 15 is 0 Å². The van der Waals surface area contributed by atoms with E-state index in [0.717, 1.165) is 11.1 Å². The summed E-state index contributed by atoms with van der Waals surface area (Å²) in [6.07, 6.45) is 1.25. The minimum absolute atomic E-state index is 0.0548. The molecule has 0 amide bonds. The van der Waals surface area contributed by atoms with E-state index < -0.39 is 10.0 Å². The highest BCUT2D eigenvalue weighted by molar-refractivity contribution is 7.89. The lowest BCUT2D eigenvalue weighted by atomic mass is 9.97. The second-order valence-electron chi connectivity index (χ2n) is 7.52. The van der Waals surface area contributed by atoms with E-state index in [4.69, 9.17) is 14.0 Å². The molecule has 0 radical (unpaired) electrons. The molecule has 1 aliphatic heterocycles. The van der Waals surface area contributed by atoms with E-state index in [1.165, 1.54) is 30.7 Å². The second kappa shape index (κ2) is 8.68. The van der Waals surface area contributed by atoms with Crippen LogP contribution in [0.3, 0.4) is 0 Å². The first-order valence-electron chi connectivity index (χ1n) is 10.0. The molecule has 0 saturated carbocycles. The van der Waals surface area contributed by atoms with Gasteiger partial charge in [0.25, 0.3) is 5.89 Å². The molecule has 9 heteroatoms. The van der Waals surface area contributed by atoms with Crippen LogP contribution in [0, 0.1) is 6.92 Å². The summed E-state index contributed by atoms with van der Waals surface area (Å²) in [5.41, 5.74) is 2.00. The quantitative estimate of drug-likeness (QED) is 0.574. The molecule has 164 valence electrons. The number of nitrogens with zero attached hydrogens (tertiary/aromatic N) is 3. The summed E-state index contributed by atoms with van der Waals surface area (Å²) in [6.45, 7) is 2.78. The summed E-state index contributed by atoms with van der Waals surface area (Å²) in [7, 11) is -0.639. The molecule has 31 heavy (non-hydrogen) atoms. The standard InChI is InChI=1S/C22H25N3O5S/c1-15-5-4-6-17(13-15)22-23-21(24-30-22)16-9-11-25(12-10-16)31(26,27)18-7-8-19(28-2)20(14-18)29-3/h4-8,13-14,16H,9-12H2,1-3H3. The monoisotopic (exact) mass is 443 g/mol. The highest BCUT2D eigenvalue weighted by Crippen LogP contribution is 2.34. The van der Waals surface area contributed by atoms with Crippen LogP contribution in [-0.2, 0) is 10.0 Å². The first-order valence-corrected chi connectivity index (χ1v) is 11.5. The van der Waals surface area contributed by atoms with E-state index in [1.807, 2.05) is 31.2 Å². The Morgan fingerprint density at radius 1 is 1.03 bits per heavy atom. The number of benzene rings is 2. The lowest BCUT2D eigenvalue weighted by Crippen LogP contribution is -2.38. The molecule has 0 atom stereocenters. The van der Waals surface area contributed by atoms with Gasteiger partial charge in [0.1, 0.15) is 0 Å². The lowest BCUT2D eigenvalue weighted by molar-refractivity contribution is 0.306. The molecule has 0 aliphatic carbocycles. The average molecular weight is 444 g/mol. The van der Waals surface area contributed by atoms with Crippen LogP contribution in [0.5, 0.6) is 11.5 Å². The van der Waals surface area contributed by atoms with Crippen molar-refractivity contribution in [3.05, 3.63) is 53.9 Å². The van der Waals surface area contributed by atoms with Crippen LogP contribution in [0.4, 0.5) is 0 Å². The predicted octanol–water partition coefficient (Wildman–Crippen LogP) is 3.63. The van der Waals surface area contributed by atoms with Gasteiger partial charge in [-0.1, -0.05) is 22.9 Å². The number of hydrogen-bond donors (Lipinski definition) is 0. The first kappa shape index (κ1) is 21.3. The zero-order valence-corrected chi connectivity index (χ0v) is 18.6. The second-order valence-corrected chi connectivity index (χ2v) is 9.46. The number of sulfonamides is 1. The smallest absolute Gasteiger partial charge is 0.257 e. The molecule has 3 aromatic rings. The number of ether oxygens (including phenoxy) is 2. The number of aromatic nitrogens is 2. The molecule has 0 bridgehead atoms. The maximum absolute atomic E-state index is 13.1. The van der Waals surface area contributed by atoms with Crippen LogP contribution in [0.2, 0.25) is 0 Å². The maximum atomic E-state index is 13.1. The van der Waals surface area contributed by atoms with E-state index in [-0.39, 0.29) is 10.8 Å². The Morgan fingerprint density at radius 3 is 2.45 bits per heavy atom. The number of aryl methyl sites for hydroxylation is 1. The van der Waals surface area contributed by atoms with E-state index in [2.05, 4.69) is 10.1 Å². The van der Waals surface area contributed by atoms with Crippen molar-refractivity contribution >= 4 is 10.0 Å². The largest absolute Gasteiger partial charge is 0.493 e. The zero-order valence-electron chi connectivity index (χ0n) is 17.7. The van der Waals surface area contributed by atoms with Crippen LogP contribution in [-0.4, -0.2) is 50.2 Å². The fourth-order valence-electron chi connectivity index (χ4n) is 3.78. The molecular weight excluding hydrogens is 418 g/mol. The fourth-order valence-corrected chi connectivity index (χ4v) is 5.26. The van der Waals surface area contributed by atoms with Crippen molar-refractivity contribution in [1.29, 1.82) is 0 Å². The van der Waals surface area contributed by atoms with E-state index in [0.29, 0.717) is 49.1 Å². The van der Waals surface area contributed by atoms with E-state index in [1.54, 1.807) is 6.07 Å². The van der Waals surface area contributed by atoms with Crippen molar-refractivity contribution in [2.24, 2.45) is 0 Å². The number of piperidine rings is 1. The Kier molecular flexibility index (Phi) is 5.97. The van der Waals surface area contributed by atoms with Crippen molar-refractivity contribution in [3.63, 3.8) is 0 Å². The van der Waals surface area contributed by atoms with Crippen molar-refractivity contribution in [2.75, 3.05) is 27.3 Å². The van der Waals surface area contributed by atoms with Gasteiger partial charge in [0, 0.05) is 30.6 Å². The van der Waals surface area contributed by atoms with Gasteiger partial charge < -0.3 is 14.0 Å². The summed E-state index contributed by atoms with van der Waals surface area (Å²) in [5, 5.41) is 4.15. The highest BCUT2D eigenvalue weighted by Gasteiger charge is 2.32. The maximum Gasteiger partial charge on any atom is 0.257 e. The van der Waals surface area contributed by atoms with Gasteiger partial charge in [-0.15, -0.1) is 0 Å².